The Morgan fingerprint density at radius 2 is 2.38 bits per heavy atom. The first kappa shape index (κ1) is 9.58. The highest BCUT2D eigenvalue weighted by atomic mass is 14.9. The highest BCUT2D eigenvalue weighted by Crippen LogP contribution is 2.14. The van der Waals surface area contributed by atoms with E-state index in [1.54, 1.807) is 12.4 Å². The standard InChI is InChI=1S/C10H15N3/c1-8(2)3-6-13-10-4-5-12-7-9(10)11/h3-5,7H,6,11H2,1-2H3,(H,12,13). The van der Waals surface area contributed by atoms with E-state index in [1.165, 1.54) is 5.57 Å². The Labute approximate surface area is 78.7 Å². The van der Waals surface area contributed by atoms with Gasteiger partial charge in [0, 0.05) is 12.7 Å². The first-order chi connectivity index (χ1) is 6.20. The Morgan fingerprint density at radius 1 is 1.62 bits per heavy atom. The summed E-state index contributed by atoms with van der Waals surface area (Å²) < 4.78 is 0. The third kappa shape index (κ3) is 3.15. The second-order valence-electron chi connectivity index (χ2n) is 3.13. The van der Waals surface area contributed by atoms with Gasteiger partial charge >= 0.3 is 0 Å². The molecule has 0 atom stereocenters. The van der Waals surface area contributed by atoms with Crippen LogP contribution >= 0.6 is 0 Å². The van der Waals surface area contributed by atoms with Gasteiger partial charge in [0.2, 0.25) is 0 Å². The number of nitrogens with one attached hydrogen (secondary N) is 1. The van der Waals surface area contributed by atoms with E-state index in [2.05, 4.69) is 30.2 Å². The lowest BCUT2D eigenvalue weighted by atomic mass is 10.3. The normalized spacial score (nSPS) is 9.38. The number of nitrogen functional groups attached to an aromatic ring is 1. The molecule has 0 spiro atoms. The van der Waals surface area contributed by atoms with Crippen molar-refractivity contribution in [2.75, 3.05) is 17.6 Å². The molecule has 0 saturated carbocycles. The minimum absolute atomic E-state index is 0.685. The average Bonchev–Trinajstić information content (AvgIpc) is 2.08. The van der Waals surface area contributed by atoms with E-state index in [9.17, 15) is 0 Å². The van der Waals surface area contributed by atoms with Gasteiger partial charge in [0.1, 0.15) is 0 Å². The minimum atomic E-state index is 0.685. The molecule has 0 aliphatic carbocycles. The molecular weight excluding hydrogens is 162 g/mol. The van der Waals surface area contributed by atoms with Gasteiger partial charge in [-0.15, -0.1) is 0 Å². The summed E-state index contributed by atoms with van der Waals surface area (Å²) in [5, 5.41) is 3.20. The molecule has 0 bridgehead atoms. The van der Waals surface area contributed by atoms with Crippen LogP contribution in [-0.2, 0) is 0 Å². The van der Waals surface area contributed by atoms with Crippen molar-refractivity contribution in [1.29, 1.82) is 0 Å². The van der Waals surface area contributed by atoms with Gasteiger partial charge in [0.15, 0.2) is 0 Å². The zero-order chi connectivity index (χ0) is 9.68. The Bertz CT molecular complexity index is 301. The molecule has 1 heterocycles. The van der Waals surface area contributed by atoms with E-state index in [1.807, 2.05) is 6.07 Å². The summed E-state index contributed by atoms with van der Waals surface area (Å²) in [6.07, 6.45) is 5.48. The van der Waals surface area contributed by atoms with Crippen molar-refractivity contribution in [2.24, 2.45) is 0 Å². The Morgan fingerprint density at radius 3 is 3.00 bits per heavy atom. The molecule has 1 aromatic heterocycles. The van der Waals surface area contributed by atoms with Gasteiger partial charge in [-0.3, -0.25) is 4.98 Å². The molecule has 0 radical (unpaired) electrons. The second-order valence-corrected chi connectivity index (χ2v) is 3.13. The number of nitrogens with two attached hydrogens (primary N) is 1. The Kier molecular flexibility index (Phi) is 3.31. The number of pyridine rings is 1. The Balaban J connectivity index is 2.55. The van der Waals surface area contributed by atoms with Crippen LogP contribution in [-0.4, -0.2) is 11.5 Å². The van der Waals surface area contributed by atoms with E-state index in [0.29, 0.717) is 5.69 Å². The van der Waals surface area contributed by atoms with Gasteiger partial charge in [-0.05, 0) is 19.9 Å². The molecule has 1 aromatic rings. The molecule has 1 rings (SSSR count). The van der Waals surface area contributed by atoms with Gasteiger partial charge in [-0.25, -0.2) is 0 Å². The van der Waals surface area contributed by atoms with Crippen LogP contribution in [0.3, 0.4) is 0 Å². The van der Waals surface area contributed by atoms with E-state index in [0.717, 1.165) is 12.2 Å². The zero-order valence-corrected chi connectivity index (χ0v) is 8.04. The predicted octanol–water partition coefficient (Wildman–Crippen LogP) is 2.04. The van der Waals surface area contributed by atoms with Gasteiger partial charge in [0.05, 0.1) is 17.6 Å². The summed E-state index contributed by atoms with van der Waals surface area (Å²) >= 11 is 0. The molecule has 0 aliphatic heterocycles. The maximum absolute atomic E-state index is 5.69. The molecule has 3 heteroatoms. The van der Waals surface area contributed by atoms with Crippen LogP contribution in [0.15, 0.2) is 30.1 Å². The number of rotatable bonds is 3. The lowest BCUT2D eigenvalue weighted by molar-refractivity contribution is 1.25. The van der Waals surface area contributed by atoms with Crippen molar-refractivity contribution in [2.45, 2.75) is 13.8 Å². The fraction of sp³-hybridized carbons (Fsp3) is 0.300. The fourth-order valence-electron chi connectivity index (χ4n) is 0.933. The minimum Gasteiger partial charge on any atom is -0.396 e. The first-order valence-corrected chi connectivity index (χ1v) is 4.27. The van der Waals surface area contributed by atoms with Crippen LogP contribution in [0.4, 0.5) is 11.4 Å². The van der Waals surface area contributed by atoms with Crippen LogP contribution in [0.5, 0.6) is 0 Å². The van der Waals surface area contributed by atoms with Crippen LogP contribution < -0.4 is 11.1 Å². The lowest BCUT2D eigenvalue weighted by Gasteiger charge is -2.05. The highest BCUT2D eigenvalue weighted by molar-refractivity contribution is 5.64. The SMILES string of the molecule is CC(C)=CCNc1ccncc1N. The fourth-order valence-corrected chi connectivity index (χ4v) is 0.933. The lowest BCUT2D eigenvalue weighted by Crippen LogP contribution is -2.02. The Hall–Kier alpha value is -1.51. The predicted molar refractivity (Wildman–Crippen MR) is 56.6 cm³/mol. The van der Waals surface area contributed by atoms with E-state index >= 15 is 0 Å². The van der Waals surface area contributed by atoms with Gasteiger partial charge in [0.25, 0.3) is 0 Å². The van der Waals surface area contributed by atoms with Crippen LogP contribution in [0.25, 0.3) is 0 Å². The maximum Gasteiger partial charge on any atom is 0.0736 e. The van der Waals surface area contributed by atoms with Crippen molar-refractivity contribution < 1.29 is 0 Å². The van der Waals surface area contributed by atoms with E-state index in [-0.39, 0.29) is 0 Å². The van der Waals surface area contributed by atoms with Gasteiger partial charge < -0.3 is 11.1 Å². The molecule has 0 amide bonds. The molecule has 70 valence electrons. The molecule has 3 nitrogen and oxygen atoms in total. The summed E-state index contributed by atoms with van der Waals surface area (Å²) in [6, 6.07) is 1.87. The monoisotopic (exact) mass is 177 g/mol. The molecule has 0 unspecified atom stereocenters. The summed E-state index contributed by atoms with van der Waals surface area (Å²) in [5.41, 5.74) is 8.61. The van der Waals surface area contributed by atoms with Gasteiger partial charge in [-0.2, -0.15) is 0 Å². The smallest absolute Gasteiger partial charge is 0.0736 e. The van der Waals surface area contributed by atoms with E-state index in [4.69, 9.17) is 5.73 Å². The average molecular weight is 177 g/mol. The van der Waals surface area contributed by atoms with Gasteiger partial charge in [-0.1, -0.05) is 11.6 Å². The van der Waals surface area contributed by atoms with Crippen molar-refractivity contribution in [3.63, 3.8) is 0 Å². The maximum atomic E-state index is 5.69. The summed E-state index contributed by atoms with van der Waals surface area (Å²) in [5.74, 6) is 0. The summed E-state index contributed by atoms with van der Waals surface area (Å²) in [7, 11) is 0. The molecule has 0 aromatic carbocycles. The quantitative estimate of drug-likeness (QED) is 0.695. The highest BCUT2D eigenvalue weighted by Gasteiger charge is 1.94. The molecular formula is C10H15N3. The number of hydrogen-bond donors (Lipinski definition) is 2. The van der Waals surface area contributed by atoms with Crippen molar-refractivity contribution in [1.82, 2.24) is 4.98 Å². The molecule has 0 fully saturated rings. The van der Waals surface area contributed by atoms with Crippen LogP contribution in [0.1, 0.15) is 13.8 Å². The zero-order valence-electron chi connectivity index (χ0n) is 8.04. The molecule has 13 heavy (non-hydrogen) atoms. The van der Waals surface area contributed by atoms with Crippen molar-refractivity contribution in [3.8, 4) is 0 Å². The second kappa shape index (κ2) is 4.50. The number of allylic oxidation sites excluding steroid dienone is 1. The summed E-state index contributed by atoms with van der Waals surface area (Å²) in [4.78, 5) is 3.91. The van der Waals surface area contributed by atoms with Crippen LogP contribution in [0, 0.1) is 0 Å². The van der Waals surface area contributed by atoms with Crippen molar-refractivity contribution in [3.05, 3.63) is 30.1 Å². The molecule has 3 N–H and O–H groups in total. The third-order valence-electron chi connectivity index (χ3n) is 1.65. The van der Waals surface area contributed by atoms with Crippen molar-refractivity contribution >= 4 is 11.4 Å². The molecule has 0 aliphatic rings. The first-order valence-electron chi connectivity index (χ1n) is 4.27. The molecule has 0 saturated heterocycles. The number of anilines is 2. The third-order valence-corrected chi connectivity index (χ3v) is 1.65. The topological polar surface area (TPSA) is 50.9 Å². The van der Waals surface area contributed by atoms with E-state index < -0.39 is 0 Å². The largest absolute Gasteiger partial charge is 0.396 e. The number of aromatic nitrogens is 1. The van der Waals surface area contributed by atoms with Crippen LogP contribution in [0.2, 0.25) is 0 Å². The number of hydrogen-bond acceptors (Lipinski definition) is 3. The summed E-state index contributed by atoms with van der Waals surface area (Å²) in [6.45, 7) is 4.94. The number of nitrogens with zero attached hydrogens (tertiary/aromatic N) is 1.